The number of para-hydroxylation sites is 1. The van der Waals surface area contributed by atoms with Gasteiger partial charge in [-0.05, 0) is 60.5 Å². The molecule has 1 amide bonds. The molecule has 2 heterocycles. The van der Waals surface area contributed by atoms with E-state index in [2.05, 4.69) is 10.1 Å². The number of aryl methyl sites for hydroxylation is 1. The molecule has 5 rings (SSSR count). The predicted molar refractivity (Wildman–Crippen MR) is 166 cm³/mol. The first-order valence-electron chi connectivity index (χ1n) is 13.7. The number of aromatic nitrogens is 3. The molecule has 0 saturated heterocycles. The van der Waals surface area contributed by atoms with Crippen molar-refractivity contribution in [3.05, 3.63) is 113 Å². The lowest BCUT2D eigenvalue weighted by Gasteiger charge is -2.12. The van der Waals surface area contributed by atoms with Gasteiger partial charge in [0.1, 0.15) is 24.7 Å². The molecule has 2 aromatic heterocycles. The van der Waals surface area contributed by atoms with Crippen LogP contribution in [0.5, 0.6) is 17.4 Å². The molecule has 13 heteroatoms. The smallest absolute Gasteiger partial charge is 0.349 e. The highest BCUT2D eigenvalue weighted by atomic mass is 31.2. The van der Waals surface area contributed by atoms with Gasteiger partial charge in [0.2, 0.25) is 17.7 Å². The Morgan fingerprint density at radius 2 is 1.80 bits per heavy atom. The highest BCUT2D eigenvalue weighted by molar-refractivity contribution is 7.55. The maximum Gasteiger partial charge on any atom is 0.349 e. The molecule has 0 radical (unpaired) electrons. The van der Waals surface area contributed by atoms with Gasteiger partial charge in [-0.2, -0.15) is 0 Å². The zero-order chi connectivity index (χ0) is 32.0. The van der Waals surface area contributed by atoms with E-state index in [0.717, 1.165) is 28.2 Å². The number of primary amides is 1. The maximum atomic E-state index is 11.4. The van der Waals surface area contributed by atoms with Crippen molar-refractivity contribution in [3.8, 4) is 34.5 Å². The Kier molecular flexibility index (Phi) is 9.48. The molecule has 3 aromatic carbocycles. The molecular weight excluding hydrogens is 599 g/mol. The van der Waals surface area contributed by atoms with Gasteiger partial charge in [-0.15, -0.1) is 5.10 Å². The summed E-state index contributed by atoms with van der Waals surface area (Å²) < 4.78 is 36.4. The summed E-state index contributed by atoms with van der Waals surface area (Å²) in [6.07, 6.45) is 3.04. The number of rotatable bonds is 13. The number of amides is 1. The van der Waals surface area contributed by atoms with Crippen LogP contribution in [-0.4, -0.2) is 37.6 Å². The van der Waals surface area contributed by atoms with Gasteiger partial charge >= 0.3 is 7.60 Å². The van der Waals surface area contributed by atoms with E-state index in [1.807, 2.05) is 60.7 Å². The number of ether oxygens (including phenoxy) is 3. The van der Waals surface area contributed by atoms with E-state index in [1.165, 1.54) is 13.2 Å². The van der Waals surface area contributed by atoms with Crippen molar-refractivity contribution in [3.63, 3.8) is 0 Å². The first kappa shape index (κ1) is 31.3. The second-order valence-corrected chi connectivity index (χ2v) is 11.5. The molecule has 5 aromatic rings. The Bertz CT molecular complexity index is 1880. The van der Waals surface area contributed by atoms with Gasteiger partial charge in [0.25, 0.3) is 0 Å². The summed E-state index contributed by atoms with van der Waals surface area (Å²) >= 11 is 0. The summed E-state index contributed by atoms with van der Waals surface area (Å²) in [6, 6.07) is 21.9. The maximum absolute atomic E-state index is 11.4. The van der Waals surface area contributed by atoms with Crippen molar-refractivity contribution in [2.45, 2.75) is 26.6 Å². The average molecular weight is 631 g/mol. The van der Waals surface area contributed by atoms with Crippen molar-refractivity contribution in [1.82, 2.24) is 14.8 Å². The number of hydrogen-bond acceptors (Lipinski definition) is 8. The molecule has 0 unspecified atom stereocenters. The normalized spacial score (nSPS) is 11.6. The Hall–Kier alpha value is -5.16. The lowest BCUT2D eigenvalue weighted by Crippen LogP contribution is -2.13. The third kappa shape index (κ3) is 8.27. The third-order valence-electron chi connectivity index (χ3n) is 6.59. The van der Waals surface area contributed by atoms with Crippen LogP contribution in [0.25, 0.3) is 23.2 Å². The Labute approximate surface area is 258 Å². The van der Waals surface area contributed by atoms with Gasteiger partial charge in [-0.3, -0.25) is 9.36 Å². The van der Waals surface area contributed by atoms with Crippen molar-refractivity contribution in [1.29, 1.82) is 0 Å². The molecule has 232 valence electrons. The molecule has 0 aliphatic rings. The molecule has 0 fully saturated rings. The number of carbonyl (C=O) groups is 1. The van der Waals surface area contributed by atoms with Crippen molar-refractivity contribution in [2.24, 2.45) is 5.73 Å². The number of benzene rings is 3. The molecule has 45 heavy (non-hydrogen) atoms. The van der Waals surface area contributed by atoms with E-state index >= 15 is 0 Å². The molecule has 0 aliphatic carbocycles. The topological polar surface area (TPSA) is 172 Å². The van der Waals surface area contributed by atoms with Gasteiger partial charge in [0, 0.05) is 17.6 Å². The van der Waals surface area contributed by atoms with Crippen molar-refractivity contribution >= 4 is 19.6 Å². The summed E-state index contributed by atoms with van der Waals surface area (Å²) in [5.74, 6) is 2.52. The van der Waals surface area contributed by atoms with E-state index < -0.39 is 13.5 Å². The monoisotopic (exact) mass is 630 g/mol. The minimum absolute atomic E-state index is 0.0970. The zero-order valence-electron chi connectivity index (χ0n) is 24.5. The SMILES string of the molecule is COc1cc(COc2nn(-c3ccccc3)cc2C=CP(=O)(O)O)ccc1OCc1nc(-c2cccc(CC(N)=O)c2)oc1C. The van der Waals surface area contributed by atoms with Crippen LogP contribution >= 0.6 is 7.60 Å². The van der Waals surface area contributed by atoms with Crippen LogP contribution < -0.4 is 19.9 Å². The summed E-state index contributed by atoms with van der Waals surface area (Å²) in [4.78, 5) is 34.5. The number of nitrogens with zero attached hydrogens (tertiary/aromatic N) is 3. The molecule has 12 nitrogen and oxygen atoms in total. The summed E-state index contributed by atoms with van der Waals surface area (Å²) in [5.41, 5.74) is 9.31. The van der Waals surface area contributed by atoms with Crippen molar-refractivity contribution in [2.75, 3.05) is 7.11 Å². The van der Waals surface area contributed by atoms with Gasteiger partial charge in [-0.1, -0.05) is 36.4 Å². The minimum atomic E-state index is -4.39. The number of nitrogens with two attached hydrogens (primary N) is 1. The molecular formula is C32H31N4O8P. The van der Waals surface area contributed by atoms with Crippen LogP contribution in [0.3, 0.4) is 0 Å². The predicted octanol–water partition coefficient (Wildman–Crippen LogP) is 5.18. The van der Waals surface area contributed by atoms with Gasteiger partial charge < -0.3 is 34.1 Å². The van der Waals surface area contributed by atoms with Gasteiger partial charge in [-0.25, -0.2) is 9.67 Å². The first-order chi connectivity index (χ1) is 21.6. The van der Waals surface area contributed by atoms with Crippen LogP contribution in [0.4, 0.5) is 0 Å². The van der Waals surface area contributed by atoms with Crippen LogP contribution in [0.1, 0.15) is 28.1 Å². The quantitative estimate of drug-likeness (QED) is 0.147. The number of oxazole rings is 1. The number of methoxy groups -OCH3 is 1. The lowest BCUT2D eigenvalue weighted by atomic mass is 10.1. The largest absolute Gasteiger partial charge is 0.493 e. The lowest BCUT2D eigenvalue weighted by molar-refractivity contribution is -0.117. The Morgan fingerprint density at radius 1 is 1.00 bits per heavy atom. The molecule has 0 atom stereocenters. The number of hydrogen-bond donors (Lipinski definition) is 3. The third-order valence-corrected chi connectivity index (χ3v) is 7.13. The summed E-state index contributed by atoms with van der Waals surface area (Å²) in [5, 5.41) is 4.47. The fourth-order valence-electron chi connectivity index (χ4n) is 4.41. The second-order valence-electron chi connectivity index (χ2n) is 10.0. The Balaban J connectivity index is 1.28. The van der Waals surface area contributed by atoms with Gasteiger partial charge in [0.15, 0.2) is 11.5 Å². The molecule has 0 spiro atoms. The average Bonchev–Trinajstić information content (AvgIpc) is 3.61. The zero-order valence-corrected chi connectivity index (χ0v) is 25.4. The van der Waals surface area contributed by atoms with Crippen LogP contribution in [0, 0.1) is 6.92 Å². The van der Waals surface area contributed by atoms with E-state index in [-0.39, 0.29) is 25.5 Å². The summed E-state index contributed by atoms with van der Waals surface area (Å²) in [6.45, 7) is 2.01. The molecule has 0 aliphatic heterocycles. The van der Waals surface area contributed by atoms with Crippen LogP contribution in [0.15, 0.2) is 89.2 Å². The standard InChI is InChI=1S/C32H31N4O8P/c1-21-27(34-31(44-21)24-8-6-7-22(15-24)17-30(33)37)20-42-28-12-11-23(16-29(28)41-2)19-43-32-25(13-14-45(38,39)40)18-36(35-32)26-9-4-3-5-10-26/h3-16,18H,17,19-20H2,1-2H3,(H2,33,37)(H2,38,39,40). The highest BCUT2D eigenvalue weighted by Gasteiger charge is 2.16. The minimum Gasteiger partial charge on any atom is -0.493 e. The number of carbonyl (C=O) groups excluding carboxylic acids is 1. The first-order valence-corrected chi connectivity index (χ1v) is 15.4. The summed E-state index contributed by atoms with van der Waals surface area (Å²) in [7, 11) is -2.86. The van der Waals surface area contributed by atoms with Gasteiger partial charge in [0.05, 0.1) is 24.8 Å². The van der Waals surface area contributed by atoms with E-state index in [0.29, 0.717) is 34.4 Å². The van der Waals surface area contributed by atoms with E-state index in [4.69, 9.17) is 24.4 Å². The highest BCUT2D eigenvalue weighted by Crippen LogP contribution is 2.38. The second kappa shape index (κ2) is 13.6. The van der Waals surface area contributed by atoms with Crippen molar-refractivity contribution < 1.29 is 37.8 Å². The van der Waals surface area contributed by atoms with E-state index in [9.17, 15) is 19.1 Å². The Morgan fingerprint density at radius 3 is 2.53 bits per heavy atom. The molecule has 4 N–H and O–H groups in total. The molecule has 0 saturated carbocycles. The fraction of sp³-hybridized carbons (Fsp3) is 0.156. The van der Waals surface area contributed by atoms with E-state index in [1.54, 1.807) is 29.9 Å². The molecule has 0 bridgehead atoms. The van der Waals surface area contributed by atoms with Crippen LogP contribution in [-0.2, 0) is 29.0 Å². The van der Waals surface area contributed by atoms with Crippen LogP contribution in [0.2, 0.25) is 0 Å². The fourth-order valence-corrected chi connectivity index (χ4v) is 4.76.